The van der Waals surface area contributed by atoms with Gasteiger partial charge >= 0.3 is 0 Å². The van der Waals surface area contributed by atoms with Gasteiger partial charge in [-0.2, -0.15) is 0 Å². The van der Waals surface area contributed by atoms with Crippen LogP contribution >= 0.6 is 11.3 Å². The molecule has 3 aromatic rings. The van der Waals surface area contributed by atoms with E-state index in [0.717, 1.165) is 47.0 Å². The predicted octanol–water partition coefficient (Wildman–Crippen LogP) is 5.56. The van der Waals surface area contributed by atoms with Crippen LogP contribution in [0.25, 0.3) is 15.9 Å². The molecule has 2 saturated heterocycles. The number of benzene rings is 1. The van der Waals surface area contributed by atoms with Gasteiger partial charge in [-0.15, -0.1) is 11.3 Å². The molecule has 4 aliphatic rings. The van der Waals surface area contributed by atoms with Gasteiger partial charge in [0.25, 0.3) is 5.56 Å². The van der Waals surface area contributed by atoms with Gasteiger partial charge in [0.1, 0.15) is 22.9 Å². The minimum atomic E-state index is -0.0156. The van der Waals surface area contributed by atoms with Crippen molar-refractivity contribution < 1.29 is 4.74 Å². The third-order valence-corrected chi connectivity index (χ3v) is 9.63. The van der Waals surface area contributed by atoms with Crippen molar-refractivity contribution in [2.45, 2.75) is 82.4 Å². The summed E-state index contributed by atoms with van der Waals surface area (Å²) < 4.78 is 9.04. The summed E-state index contributed by atoms with van der Waals surface area (Å²) in [5.74, 6) is 8.93. The lowest BCUT2D eigenvalue weighted by Crippen LogP contribution is -2.43. The van der Waals surface area contributed by atoms with Crippen LogP contribution in [0.15, 0.2) is 35.4 Å². The molecule has 4 heterocycles. The van der Waals surface area contributed by atoms with E-state index in [1.165, 1.54) is 61.8 Å². The maximum atomic E-state index is 13.4. The summed E-state index contributed by atoms with van der Waals surface area (Å²) in [4.78, 5) is 21.5. The number of rotatable bonds is 6. The van der Waals surface area contributed by atoms with E-state index in [9.17, 15) is 4.79 Å². The van der Waals surface area contributed by atoms with Crippen LogP contribution in [0, 0.1) is 23.7 Å². The zero-order valence-electron chi connectivity index (χ0n) is 20.9. The van der Waals surface area contributed by atoms with Gasteiger partial charge in [-0.25, -0.2) is 4.98 Å². The first-order chi connectivity index (χ1) is 17.6. The second kappa shape index (κ2) is 9.04. The van der Waals surface area contributed by atoms with Gasteiger partial charge in [-0.05, 0) is 94.2 Å². The molecular formula is C30H33N3O2S. The largest absolute Gasteiger partial charge is 0.490 e. The van der Waals surface area contributed by atoms with Crippen LogP contribution in [0.1, 0.15) is 68.2 Å². The normalized spacial score (nSPS) is 25.6. The van der Waals surface area contributed by atoms with E-state index in [2.05, 4.69) is 40.9 Å². The highest BCUT2D eigenvalue weighted by Gasteiger charge is 2.39. The van der Waals surface area contributed by atoms with Crippen LogP contribution in [0.2, 0.25) is 0 Å². The molecule has 0 spiro atoms. The number of ether oxygens (including phenoxy) is 1. The fraction of sp³-hybridized carbons (Fsp3) is 0.533. The van der Waals surface area contributed by atoms with Gasteiger partial charge in [-0.3, -0.25) is 9.36 Å². The molecule has 2 aromatic heterocycles. The molecule has 2 bridgehead atoms. The second-order valence-electron chi connectivity index (χ2n) is 11.3. The van der Waals surface area contributed by atoms with Crippen LogP contribution in [-0.2, 0) is 6.42 Å². The Morgan fingerprint density at radius 3 is 2.64 bits per heavy atom. The van der Waals surface area contributed by atoms with Gasteiger partial charge in [0, 0.05) is 18.0 Å². The maximum absolute atomic E-state index is 13.4. The quantitative estimate of drug-likeness (QED) is 0.417. The van der Waals surface area contributed by atoms with Crippen molar-refractivity contribution >= 4 is 21.6 Å². The topological polar surface area (TPSA) is 47.4 Å². The molecule has 0 radical (unpaired) electrons. The Bertz CT molecular complexity index is 1410. The van der Waals surface area contributed by atoms with Crippen molar-refractivity contribution in [1.82, 2.24) is 14.5 Å². The molecule has 0 N–H and O–H groups in total. The first-order valence-corrected chi connectivity index (χ1v) is 14.5. The van der Waals surface area contributed by atoms with E-state index in [1.807, 2.05) is 12.1 Å². The molecule has 6 heteroatoms. The SMILES string of the molecule is CN1C2CC[C@H]1C[C@@H](Oc1ccc(-n3cnc4cc(C#CC5CC5)sc4c3=O)cc1CCC1CC1)C2. The number of aromatic nitrogens is 2. The van der Waals surface area contributed by atoms with E-state index >= 15 is 0 Å². The number of hydrogen-bond acceptors (Lipinski definition) is 5. The van der Waals surface area contributed by atoms with Crippen LogP contribution in [0.4, 0.5) is 0 Å². The van der Waals surface area contributed by atoms with Crippen molar-refractivity contribution in [3.8, 4) is 23.3 Å². The Balaban J connectivity index is 1.18. The maximum Gasteiger partial charge on any atom is 0.275 e. The van der Waals surface area contributed by atoms with Gasteiger partial charge < -0.3 is 9.64 Å². The number of nitrogens with zero attached hydrogens (tertiary/aromatic N) is 3. The van der Waals surface area contributed by atoms with E-state index in [0.29, 0.717) is 22.7 Å². The summed E-state index contributed by atoms with van der Waals surface area (Å²) in [7, 11) is 2.27. The van der Waals surface area contributed by atoms with E-state index in [1.54, 1.807) is 10.9 Å². The minimum absolute atomic E-state index is 0.0156. The predicted molar refractivity (Wildman–Crippen MR) is 144 cm³/mol. The zero-order chi connectivity index (χ0) is 24.2. The van der Waals surface area contributed by atoms with Crippen molar-refractivity contribution in [3.63, 3.8) is 0 Å². The summed E-state index contributed by atoms with van der Waals surface area (Å²) in [5.41, 5.74) is 2.82. The smallest absolute Gasteiger partial charge is 0.275 e. The summed E-state index contributed by atoms with van der Waals surface area (Å²) in [5, 5.41) is 0. The van der Waals surface area contributed by atoms with E-state index in [4.69, 9.17) is 4.74 Å². The molecule has 2 aliphatic heterocycles. The summed E-state index contributed by atoms with van der Waals surface area (Å²) in [6.07, 6.45) is 14.1. The number of hydrogen-bond donors (Lipinski definition) is 0. The number of aryl methyl sites for hydroxylation is 1. The lowest BCUT2D eigenvalue weighted by Gasteiger charge is -2.36. The molecular weight excluding hydrogens is 466 g/mol. The van der Waals surface area contributed by atoms with Crippen LogP contribution in [0.5, 0.6) is 5.75 Å². The Kier molecular flexibility index (Phi) is 5.67. The highest BCUT2D eigenvalue weighted by molar-refractivity contribution is 7.19. The van der Waals surface area contributed by atoms with Crippen LogP contribution < -0.4 is 10.3 Å². The van der Waals surface area contributed by atoms with Crippen LogP contribution in [-0.4, -0.2) is 39.7 Å². The summed E-state index contributed by atoms with van der Waals surface area (Å²) in [6, 6.07) is 9.55. The van der Waals surface area contributed by atoms with Crippen LogP contribution in [0.3, 0.4) is 0 Å². The fourth-order valence-electron chi connectivity index (χ4n) is 5.99. The van der Waals surface area contributed by atoms with E-state index in [-0.39, 0.29) is 11.7 Å². The molecule has 2 aliphatic carbocycles. The Morgan fingerprint density at radius 1 is 1.08 bits per heavy atom. The third-order valence-electron chi connectivity index (χ3n) is 8.60. The molecule has 7 rings (SSSR count). The molecule has 5 nitrogen and oxygen atoms in total. The molecule has 36 heavy (non-hydrogen) atoms. The highest BCUT2D eigenvalue weighted by Crippen LogP contribution is 2.38. The molecule has 186 valence electrons. The lowest BCUT2D eigenvalue weighted by atomic mass is 10.00. The van der Waals surface area contributed by atoms with Crippen molar-refractivity contribution in [3.05, 3.63) is 51.4 Å². The molecule has 4 fully saturated rings. The Morgan fingerprint density at radius 2 is 1.89 bits per heavy atom. The van der Waals surface area contributed by atoms with E-state index < -0.39 is 0 Å². The number of fused-ring (bicyclic) bond motifs is 3. The fourth-order valence-corrected chi connectivity index (χ4v) is 6.89. The minimum Gasteiger partial charge on any atom is -0.490 e. The molecule has 1 aromatic carbocycles. The number of piperidine rings is 1. The van der Waals surface area contributed by atoms with Crippen molar-refractivity contribution in [2.24, 2.45) is 11.8 Å². The first-order valence-electron chi connectivity index (χ1n) is 13.7. The zero-order valence-corrected chi connectivity index (χ0v) is 21.7. The van der Waals surface area contributed by atoms with Crippen molar-refractivity contribution in [2.75, 3.05) is 7.05 Å². The summed E-state index contributed by atoms with van der Waals surface area (Å²) >= 11 is 1.46. The lowest BCUT2D eigenvalue weighted by molar-refractivity contribution is 0.0655. The Hall–Kier alpha value is -2.62. The average Bonchev–Trinajstić information content (AvgIpc) is 3.80. The van der Waals surface area contributed by atoms with Gasteiger partial charge in [0.2, 0.25) is 0 Å². The van der Waals surface area contributed by atoms with Crippen molar-refractivity contribution in [1.29, 1.82) is 0 Å². The molecule has 0 amide bonds. The monoisotopic (exact) mass is 499 g/mol. The number of thiophene rings is 1. The molecule has 1 unspecified atom stereocenters. The standard InChI is InChI=1S/C30H33N3O2S/c1-32-22-9-10-23(32)16-25(15-22)35-28-13-11-24(14-21(28)8-6-19-2-3-19)33-18-31-27-17-26(12-7-20-4-5-20)36-29(27)30(33)34/h11,13-14,17-20,22-23,25H,2-6,8-10,15-16H2,1H3/t22-,23?,25+/m0/s1. The first kappa shape index (κ1) is 22.6. The Labute approximate surface area is 216 Å². The third kappa shape index (κ3) is 4.48. The van der Waals surface area contributed by atoms with Gasteiger partial charge in [0.05, 0.1) is 16.1 Å². The molecule has 2 saturated carbocycles. The van der Waals surface area contributed by atoms with Gasteiger partial charge in [0.15, 0.2) is 0 Å². The highest BCUT2D eigenvalue weighted by atomic mass is 32.1. The summed E-state index contributed by atoms with van der Waals surface area (Å²) in [6.45, 7) is 0. The van der Waals surface area contributed by atoms with Gasteiger partial charge in [-0.1, -0.05) is 24.7 Å². The molecule has 3 atom stereocenters. The average molecular weight is 500 g/mol. The second-order valence-corrected chi connectivity index (χ2v) is 12.4.